The average Bonchev–Trinajstić information content (AvgIpc) is 2.66. The second kappa shape index (κ2) is 6.03. The zero-order valence-electron chi connectivity index (χ0n) is 10.9. The highest BCUT2D eigenvalue weighted by Crippen LogP contribution is 2.27. The van der Waals surface area contributed by atoms with Gasteiger partial charge in [0, 0.05) is 28.7 Å². The van der Waals surface area contributed by atoms with E-state index in [1.54, 1.807) is 0 Å². The fraction of sp³-hybridized carbons (Fsp3) is 0.286. The number of benzene rings is 1. The molecule has 0 spiro atoms. The highest BCUT2D eigenvalue weighted by molar-refractivity contribution is 9.10. The van der Waals surface area contributed by atoms with Crippen LogP contribution >= 0.6 is 28.1 Å². The molecule has 0 aliphatic carbocycles. The maximum absolute atomic E-state index is 5.24. The molecule has 0 fully saturated rings. The highest BCUT2D eigenvalue weighted by atomic mass is 79.9. The number of hydrogen-bond donors (Lipinski definition) is 3. The van der Waals surface area contributed by atoms with Crippen molar-refractivity contribution in [3.8, 4) is 0 Å². The Kier molecular flexibility index (Phi) is 4.14. The molecule has 4 nitrogen and oxygen atoms in total. The SMILES string of the molecule is S=c1nc(Nc2ccccc2Br)c2c([nH]1)CCNCC2. The first-order chi connectivity index (χ1) is 9.74. The number of fused-ring (bicyclic) bond motifs is 1. The van der Waals surface area contributed by atoms with Crippen molar-refractivity contribution < 1.29 is 0 Å². The molecule has 1 aliphatic heterocycles. The van der Waals surface area contributed by atoms with Gasteiger partial charge < -0.3 is 15.6 Å². The predicted octanol–water partition coefficient (Wildman–Crippen LogP) is 3.33. The Labute approximate surface area is 131 Å². The first-order valence-electron chi connectivity index (χ1n) is 6.58. The molecule has 104 valence electrons. The standard InChI is InChI=1S/C14H15BrN4S/c15-10-3-1-2-4-12(10)17-13-9-5-7-16-8-6-11(9)18-14(20)19-13/h1-4,16H,5-8H2,(H2,17,18,19,20). The summed E-state index contributed by atoms with van der Waals surface area (Å²) in [5, 5.41) is 6.79. The Morgan fingerprint density at radius 3 is 2.85 bits per heavy atom. The molecule has 6 heteroatoms. The number of nitrogens with one attached hydrogen (secondary N) is 3. The van der Waals surface area contributed by atoms with E-state index < -0.39 is 0 Å². The minimum absolute atomic E-state index is 0.528. The Morgan fingerprint density at radius 1 is 1.20 bits per heavy atom. The molecule has 1 aliphatic rings. The number of rotatable bonds is 2. The number of anilines is 2. The molecule has 0 bridgehead atoms. The molecule has 3 N–H and O–H groups in total. The van der Waals surface area contributed by atoms with Crippen LogP contribution in [0.2, 0.25) is 0 Å². The summed E-state index contributed by atoms with van der Waals surface area (Å²) < 4.78 is 1.54. The van der Waals surface area contributed by atoms with E-state index in [9.17, 15) is 0 Å². The number of hydrogen-bond acceptors (Lipinski definition) is 4. The van der Waals surface area contributed by atoms with Crippen molar-refractivity contribution in [2.75, 3.05) is 18.4 Å². The van der Waals surface area contributed by atoms with Gasteiger partial charge in [-0.25, -0.2) is 4.98 Å². The largest absolute Gasteiger partial charge is 0.339 e. The van der Waals surface area contributed by atoms with Crippen molar-refractivity contribution >= 4 is 39.7 Å². The van der Waals surface area contributed by atoms with Gasteiger partial charge in [0.15, 0.2) is 4.77 Å². The molecule has 0 saturated carbocycles. The van der Waals surface area contributed by atoms with Gasteiger partial charge in [0.05, 0.1) is 5.69 Å². The van der Waals surface area contributed by atoms with E-state index in [4.69, 9.17) is 12.2 Å². The molecule has 1 aromatic carbocycles. The number of aromatic nitrogens is 2. The summed E-state index contributed by atoms with van der Waals surface area (Å²) >= 11 is 8.79. The molecule has 0 amide bonds. The Morgan fingerprint density at radius 2 is 2.00 bits per heavy atom. The van der Waals surface area contributed by atoms with Crippen LogP contribution in [-0.2, 0) is 12.8 Å². The van der Waals surface area contributed by atoms with E-state index >= 15 is 0 Å². The molecular weight excluding hydrogens is 336 g/mol. The molecule has 0 radical (unpaired) electrons. The number of nitrogens with zero attached hydrogens (tertiary/aromatic N) is 1. The maximum atomic E-state index is 5.24. The van der Waals surface area contributed by atoms with Gasteiger partial charge in [0.2, 0.25) is 0 Å². The number of aromatic amines is 1. The van der Waals surface area contributed by atoms with Crippen LogP contribution < -0.4 is 10.6 Å². The molecule has 2 heterocycles. The molecule has 0 saturated heterocycles. The maximum Gasteiger partial charge on any atom is 0.198 e. The summed E-state index contributed by atoms with van der Waals surface area (Å²) in [7, 11) is 0. The molecule has 20 heavy (non-hydrogen) atoms. The van der Waals surface area contributed by atoms with Crippen LogP contribution in [0.3, 0.4) is 0 Å². The monoisotopic (exact) mass is 350 g/mol. The van der Waals surface area contributed by atoms with Gasteiger partial charge in [-0.1, -0.05) is 12.1 Å². The first-order valence-corrected chi connectivity index (χ1v) is 7.78. The summed E-state index contributed by atoms with van der Waals surface area (Å²) in [4.78, 5) is 7.68. The third-order valence-corrected chi connectivity index (χ3v) is 4.24. The lowest BCUT2D eigenvalue weighted by molar-refractivity contribution is 0.708. The van der Waals surface area contributed by atoms with Gasteiger partial charge in [-0.15, -0.1) is 0 Å². The minimum atomic E-state index is 0.528. The molecule has 1 aromatic heterocycles. The van der Waals surface area contributed by atoms with Gasteiger partial charge in [-0.3, -0.25) is 0 Å². The fourth-order valence-corrected chi connectivity index (χ4v) is 2.97. The van der Waals surface area contributed by atoms with Crippen molar-refractivity contribution in [1.29, 1.82) is 0 Å². The van der Waals surface area contributed by atoms with Crippen LogP contribution in [0, 0.1) is 4.77 Å². The molecule has 0 unspecified atom stereocenters. The Hall–Kier alpha value is -1.24. The average molecular weight is 351 g/mol. The van der Waals surface area contributed by atoms with E-state index in [1.807, 2.05) is 24.3 Å². The van der Waals surface area contributed by atoms with Crippen molar-refractivity contribution in [1.82, 2.24) is 15.3 Å². The van der Waals surface area contributed by atoms with Gasteiger partial charge in [0.1, 0.15) is 5.82 Å². The van der Waals surface area contributed by atoms with Crippen LogP contribution in [-0.4, -0.2) is 23.1 Å². The number of para-hydroxylation sites is 1. The summed E-state index contributed by atoms with van der Waals surface area (Å²) in [5.41, 5.74) is 3.41. The zero-order chi connectivity index (χ0) is 13.9. The lowest BCUT2D eigenvalue weighted by Gasteiger charge is -2.14. The van der Waals surface area contributed by atoms with E-state index in [-0.39, 0.29) is 0 Å². The van der Waals surface area contributed by atoms with Crippen molar-refractivity contribution in [3.05, 3.63) is 44.8 Å². The third-order valence-electron chi connectivity index (χ3n) is 3.35. The van der Waals surface area contributed by atoms with E-state index in [0.29, 0.717) is 4.77 Å². The molecule has 2 aromatic rings. The van der Waals surface area contributed by atoms with Gasteiger partial charge in [-0.2, -0.15) is 0 Å². The van der Waals surface area contributed by atoms with Crippen LogP contribution in [0.5, 0.6) is 0 Å². The third kappa shape index (κ3) is 2.92. The smallest absolute Gasteiger partial charge is 0.198 e. The Bertz CT molecular complexity index is 683. The molecule has 3 rings (SSSR count). The van der Waals surface area contributed by atoms with Crippen LogP contribution in [0.25, 0.3) is 0 Å². The summed E-state index contributed by atoms with van der Waals surface area (Å²) in [6.07, 6.45) is 1.90. The first kappa shape index (κ1) is 13.7. The van der Waals surface area contributed by atoms with E-state index in [0.717, 1.165) is 41.9 Å². The lowest BCUT2D eigenvalue weighted by Crippen LogP contribution is -2.16. The normalized spacial score (nSPS) is 14.4. The van der Waals surface area contributed by atoms with Crippen LogP contribution in [0.1, 0.15) is 11.3 Å². The second-order valence-electron chi connectivity index (χ2n) is 4.70. The van der Waals surface area contributed by atoms with Crippen molar-refractivity contribution in [3.63, 3.8) is 0 Å². The topological polar surface area (TPSA) is 52.7 Å². The molecular formula is C14H15BrN4S. The van der Waals surface area contributed by atoms with E-state index in [2.05, 4.69) is 36.5 Å². The van der Waals surface area contributed by atoms with Gasteiger partial charge in [-0.05, 0) is 53.2 Å². The van der Waals surface area contributed by atoms with Crippen molar-refractivity contribution in [2.24, 2.45) is 0 Å². The quantitative estimate of drug-likeness (QED) is 0.727. The number of H-pyrrole nitrogens is 1. The minimum Gasteiger partial charge on any atom is -0.339 e. The van der Waals surface area contributed by atoms with Crippen molar-refractivity contribution in [2.45, 2.75) is 12.8 Å². The zero-order valence-corrected chi connectivity index (χ0v) is 13.3. The van der Waals surface area contributed by atoms with Crippen LogP contribution in [0.15, 0.2) is 28.7 Å². The molecule has 0 atom stereocenters. The Balaban J connectivity index is 2.03. The summed E-state index contributed by atoms with van der Waals surface area (Å²) in [6.45, 7) is 1.93. The lowest BCUT2D eigenvalue weighted by atomic mass is 10.1. The highest BCUT2D eigenvalue weighted by Gasteiger charge is 2.14. The fourth-order valence-electron chi connectivity index (χ4n) is 2.37. The van der Waals surface area contributed by atoms with Crippen LogP contribution in [0.4, 0.5) is 11.5 Å². The van der Waals surface area contributed by atoms with Gasteiger partial charge >= 0.3 is 0 Å². The van der Waals surface area contributed by atoms with Gasteiger partial charge in [0.25, 0.3) is 0 Å². The second-order valence-corrected chi connectivity index (χ2v) is 5.94. The van der Waals surface area contributed by atoms with E-state index in [1.165, 1.54) is 11.3 Å². The summed E-state index contributed by atoms with van der Waals surface area (Å²) in [6, 6.07) is 8.01. The number of halogens is 1. The summed E-state index contributed by atoms with van der Waals surface area (Å²) in [5.74, 6) is 0.861. The predicted molar refractivity (Wildman–Crippen MR) is 87.1 cm³/mol.